The van der Waals surface area contributed by atoms with E-state index >= 15 is 0 Å². The van der Waals surface area contributed by atoms with Crippen LogP contribution in [0.1, 0.15) is 47.0 Å². The molecule has 0 radical (unpaired) electrons. The molecule has 1 N–H and O–H groups in total. The lowest BCUT2D eigenvalue weighted by Gasteiger charge is -2.32. The summed E-state index contributed by atoms with van der Waals surface area (Å²) in [6.45, 7) is 9.35. The highest BCUT2D eigenvalue weighted by atomic mass is 15.0. The summed E-state index contributed by atoms with van der Waals surface area (Å²) in [5, 5.41) is 3.86. The molecule has 16 heavy (non-hydrogen) atoms. The Morgan fingerprint density at radius 2 is 1.94 bits per heavy atom. The Morgan fingerprint density at radius 1 is 1.19 bits per heavy atom. The Bertz CT molecular complexity index is 256. The van der Waals surface area contributed by atoms with Gasteiger partial charge in [-0.2, -0.15) is 0 Å². The summed E-state index contributed by atoms with van der Waals surface area (Å²) >= 11 is 0. The molecule has 1 heteroatoms. The van der Waals surface area contributed by atoms with Gasteiger partial charge in [0.05, 0.1) is 0 Å². The predicted octanol–water partition coefficient (Wildman–Crippen LogP) is 3.61. The van der Waals surface area contributed by atoms with E-state index in [9.17, 15) is 0 Å². The standard InChI is InChI=1S/C15H27N/c1-5-15(10(2)3)16-11(4)14-9-12-6-7-13(14)8-12/h6-7,10-16H,5,8-9H2,1-4H3. The zero-order valence-electron chi connectivity index (χ0n) is 11.2. The third-order valence-electron chi connectivity index (χ3n) is 4.69. The maximum atomic E-state index is 3.86. The number of fused-ring (bicyclic) bond motifs is 2. The van der Waals surface area contributed by atoms with Crippen LogP contribution in [0.2, 0.25) is 0 Å². The van der Waals surface area contributed by atoms with Crippen molar-refractivity contribution in [3.05, 3.63) is 12.2 Å². The lowest BCUT2D eigenvalue weighted by atomic mass is 9.86. The van der Waals surface area contributed by atoms with Crippen LogP contribution in [0.5, 0.6) is 0 Å². The fourth-order valence-electron chi connectivity index (χ4n) is 3.64. The topological polar surface area (TPSA) is 12.0 Å². The molecule has 0 saturated heterocycles. The fraction of sp³-hybridized carbons (Fsp3) is 0.867. The molecule has 2 bridgehead atoms. The van der Waals surface area contributed by atoms with Crippen molar-refractivity contribution in [3.63, 3.8) is 0 Å². The van der Waals surface area contributed by atoms with Crippen LogP contribution in [0.25, 0.3) is 0 Å². The van der Waals surface area contributed by atoms with Gasteiger partial charge in [-0.05, 0) is 49.9 Å². The average Bonchev–Trinajstić information content (AvgIpc) is 2.86. The monoisotopic (exact) mass is 221 g/mol. The molecule has 1 nitrogen and oxygen atoms in total. The molecule has 2 aliphatic carbocycles. The highest BCUT2D eigenvalue weighted by Crippen LogP contribution is 2.44. The van der Waals surface area contributed by atoms with Crippen LogP contribution in [0.3, 0.4) is 0 Å². The van der Waals surface area contributed by atoms with Crippen molar-refractivity contribution < 1.29 is 0 Å². The average molecular weight is 221 g/mol. The summed E-state index contributed by atoms with van der Waals surface area (Å²) in [5.41, 5.74) is 0. The molecule has 0 amide bonds. The van der Waals surface area contributed by atoms with Crippen LogP contribution < -0.4 is 5.32 Å². The minimum atomic E-state index is 0.687. The number of rotatable bonds is 5. The fourth-order valence-corrected chi connectivity index (χ4v) is 3.64. The van der Waals surface area contributed by atoms with E-state index in [0.717, 1.165) is 23.7 Å². The molecular weight excluding hydrogens is 194 g/mol. The van der Waals surface area contributed by atoms with Gasteiger partial charge in [0.15, 0.2) is 0 Å². The van der Waals surface area contributed by atoms with E-state index in [-0.39, 0.29) is 0 Å². The van der Waals surface area contributed by atoms with Gasteiger partial charge in [-0.15, -0.1) is 0 Å². The van der Waals surface area contributed by atoms with Crippen molar-refractivity contribution in [3.8, 4) is 0 Å². The molecule has 0 aromatic heterocycles. The van der Waals surface area contributed by atoms with Crippen molar-refractivity contribution in [2.45, 2.75) is 59.0 Å². The van der Waals surface area contributed by atoms with Crippen LogP contribution >= 0.6 is 0 Å². The molecule has 5 atom stereocenters. The molecule has 0 heterocycles. The van der Waals surface area contributed by atoms with Gasteiger partial charge in [0.1, 0.15) is 0 Å². The van der Waals surface area contributed by atoms with E-state index < -0.39 is 0 Å². The molecule has 1 saturated carbocycles. The second kappa shape index (κ2) is 4.91. The lowest BCUT2D eigenvalue weighted by molar-refractivity contribution is 0.267. The van der Waals surface area contributed by atoms with Gasteiger partial charge in [0, 0.05) is 12.1 Å². The summed E-state index contributed by atoms with van der Waals surface area (Å²) < 4.78 is 0. The van der Waals surface area contributed by atoms with E-state index in [2.05, 4.69) is 45.2 Å². The molecule has 0 spiro atoms. The maximum Gasteiger partial charge on any atom is 0.00900 e. The van der Waals surface area contributed by atoms with Gasteiger partial charge in [-0.1, -0.05) is 32.9 Å². The van der Waals surface area contributed by atoms with Crippen LogP contribution in [0.4, 0.5) is 0 Å². The third-order valence-corrected chi connectivity index (χ3v) is 4.69. The van der Waals surface area contributed by atoms with E-state index in [0.29, 0.717) is 12.1 Å². The summed E-state index contributed by atoms with van der Waals surface area (Å²) in [7, 11) is 0. The molecule has 2 aliphatic rings. The Morgan fingerprint density at radius 3 is 2.38 bits per heavy atom. The van der Waals surface area contributed by atoms with Crippen LogP contribution in [-0.2, 0) is 0 Å². The Balaban J connectivity index is 1.88. The maximum absolute atomic E-state index is 3.86. The summed E-state index contributed by atoms with van der Waals surface area (Å²) in [4.78, 5) is 0. The quantitative estimate of drug-likeness (QED) is 0.699. The molecule has 2 rings (SSSR count). The van der Waals surface area contributed by atoms with Crippen LogP contribution in [0, 0.1) is 23.7 Å². The second-order valence-corrected chi connectivity index (χ2v) is 6.16. The Labute approximate surface area is 101 Å². The zero-order valence-corrected chi connectivity index (χ0v) is 11.2. The molecule has 92 valence electrons. The summed E-state index contributed by atoms with van der Waals surface area (Å²) in [6, 6.07) is 1.38. The molecule has 1 fully saturated rings. The predicted molar refractivity (Wildman–Crippen MR) is 70.4 cm³/mol. The molecular formula is C15H27N. The minimum Gasteiger partial charge on any atom is -0.311 e. The second-order valence-electron chi connectivity index (χ2n) is 6.16. The molecule has 0 aliphatic heterocycles. The van der Waals surface area contributed by atoms with E-state index in [1.807, 2.05) is 0 Å². The van der Waals surface area contributed by atoms with Crippen molar-refractivity contribution >= 4 is 0 Å². The van der Waals surface area contributed by atoms with Gasteiger partial charge in [0.2, 0.25) is 0 Å². The molecule has 5 unspecified atom stereocenters. The summed E-state index contributed by atoms with van der Waals surface area (Å²) in [6.07, 6.45) is 9.00. The molecule has 0 aromatic rings. The van der Waals surface area contributed by atoms with Crippen molar-refractivity contribution in [1.29, 1.82) is 0 Å². The normalized spacial score (nSPS) is 35.9. The largest absolute Gasteiger partial charge is 0.311 e. The van der Waals surface area contributed by atoms with Crippen LogP contribution in [-0.4, -0.2) is 12.1 Å². The van der Waals surface area contributed by atoms with Gasteiger partial charge in [-0.25, -0.2) is 0 Å². The van der Waals surface area contributed by atoms with E-state index in [4.69, 9.17) is 0 Å². The number of hydrogen-bond donors (Lipinski definition) is 1. The Hall–Kier alpha value is -0.300. The first-order chi connectivity index (χ1) is 7.61. The van der Waals surface area contributed by atoms with E-state index in [1.54, 1.807) is 0 Å². The van der Waals surface area contributed by atoms with Crippen molar-refractivity contribution in [2.24, 2.45) is 23.7 Å². The number of nitrogens with one attached hydrogen (secondary N) is 1. The number of hydrogen-bond acceptors (Lipinski definition) is 1. The van der Waals surface area contributed by atoms with Gasteiger partial charge in [-0.3, -0.25) is 0 Å². The lowest BCUT2D eigenvalue weighted by Crippen LogP contribution is -2.44. The first-order valence-corrected chi connectivity index (χ1v) is 7.06. The van der Waals surface area contributed by atoms with Gasteiger partial charge >= 0.3 is 0 Å². The smallest absolute Gasteiger partial charge is 0.00900 e. The van der Waals surface area contributed by atoms with E-state index in [1.165, 1.54) is 19.3 Å². The Kier molecular flexibility index (Phi) is 3.73. The highest BCUT2D eigenvalue weighted by molar-refractivity contribution is 5.11. The zero-order chi connectivity index (χ0) is 11.7. The van der Waals surface area contributed by atoms with Crippen molar-refractivity contribution in [1.82, 2.24) is 5.32 Å². The molecule has 0 aromatic carbocycles. The number of allylic oxidation sites excluding steroid dienone is 2. The first kappa shape index (κ1) is 12.2. The van der Waals surface area contributed by atoms with Crippen LogP contribution in [0.15, 0.2) is 12.2 Å². The van der Waals surface area contributed by atoms with Gasteiger partial charge < -0.3 is 5.32 Å². The summed E-state index contributed by atoms with van der Waals surface area (Å²) in [5.74, 6) is 3.42. The third kappa shape index (κ3) is 2.34. The highest BCUT2D eigenvalue weighted by Gasteiger charge is 2.38. The van der Waals surface area contributed by atoms with Gasteiger partial charge in [0.25, 0.3) is 0 Å². The minimum absolute atomic E-state index is 0.687. The van der Waals surface area contributed by atoms with Crippen molar-refractivity contribution in [2.75, 3.05) is 0 Å². The first-order valence-electron chi connectivity index (χ1n) is 7.06. The SMILES string of the molecule is CCC(NC(C)C1CC2C=CC1C2)C(C)C.